The molecule has 3 atom stereocenters. The fourth-order valence-corrected chi connectivity index (χ4v) is 4.51. The minimum Gasteiger partial charge on any atom is -0.329 e. The second-order valence-electron chi connectivity index (χ2n) is 7.41. The molecular formula is C18H39N3. The number of nitrogens with two attached hydrogens (primary N) is 1. The molecule has 1 fully saturated rings. The van der Waals surface area contributed by atoms with Gasteiger partial charge in [0.15, 0.2) is 0 Å². The van der Waals surface area contributed by atoms with Gasteiger partial charge >= 0.3 is 0 Å². The summed E-state index contributed by atoms with van der Waals surface area (Å²) >= 11 is 0. The zero-order valence-electron chi connectivity index (χ0n) is 15.2. The zero-order valence-corrected chi connectivity index (χ0v) is 15.2. The Morgan fingerprint density at radius 2 is 1.90 bits per heavy atom. The van der Waals surface area contributed by atoms with Gasteiger partial charge in [-0.15, -0.1) is 0 Å². The average Bonchev–Trinajstić information content (AvgIpc) is 2.63. The van der Waals surface area contributed by atoms with Crippen molar-refractivity contribution in [3.8, 4) is 0 Å². The van der Waals surface area contributed by atoms with E-state index in [4.69, 9.17) is 5.73 Å². The van der Waals surface area contributed by atoms with Gasteiger partial charge in [-0.2, -0.15) is 0 Å². The largest absolute Gasteiger partial charge is 0.329 e. The van der Waals surface area contributed by atoms with Crippen LogP contribution in [-0.2, 0) is 0 Å². The molecule has 1 aliphatic carbocycles. The van der Waals surface area contributed by atoms with Crippen molar-refractivity contribution in [1.82, 2.24) is 9.80 Å². The quantitative estimate of drug-likeness (QED) is 0.698. The van der Waals surface area contributed by atoms with Crippen LogP contribution in [0.3, 0.4) is 0 Å². The van der Waals surface area contributed by atoms with Crippen LogP contribution >= 0.6 is 0 Å². The van der Waals surface area contributed by atoms with E-state index in [1.165, 1.54) is 44.9 Å². The van der Waals surface area contributed by atoms with E-state index < -0.39 is 0 Å². The molecule has 3 unspecified atom stereocenters. The Kier molecular flexibility index (Phi) is 8.22. The van der Waals surface area contributed by atoms with Gasteiger partial charge in [-0.1, -0.05) is 39.5 Å². The first-order valence-corrected chi connectivity index (χ1v) is 9.10. The maximum absolute atomic E-state index is 6.32. The molecule has 0 amide bonds. The summed E-state index contributed by atoms with van der Waals surface area (Å²) in [5, 5.41) is 0. The molecule has 0 heterocycles. The van der Waals surface area contributed by atoms with Gasteiger partial charge < -0.3 is 10.6 Å². The third-order valence-electron chi connectivity index (χ3n) is 5.46. The van der Waals surface area contributed by atoms with Crippen LogP contribution in [0.1, 0.15) is 65.7 Å². The van der Waals surface area contributed by atoms with Gasteiger partial charge in [-0.3, -0.25) is 4.90 Å². The van der Waals surface area contributed by atoms with Crippen LogP contribution in [-0.4, -0.2) is 55.1 Å². The minimum atomic E-state index is 0.243. The van der Waals surface area contributed by atoms with Gasteiger partial charge in [-0.25, -0.2) is 0 Å². The zero-order chi connectivity index (χ0) is 15.9. The first kappa shape index (κ1) is 18.9. The molecule has 2 N–H and O–H groups in total. The van der Waals surface area contributed by atoms with Gasteiger partial charge in [0.25, 0.3) is 0 Å². The number of nitrogens with zero attached hydrogens (tertiary/aromatic N) is 2. The van der Waals surface area contributed by atoms with Gasteiger partial charge in [0, 0.05) is 24.7 Å². The SMILES string of the molecule is CCCC1CCCC(CN)(N(CC)C(C)CN(C)C)CC1. The van der Waals surface area contributed by atoms with Crippen molar-refractivity contribution < 1.29 is 0 Å². The maximum atomic E-state index is 6.32. The van der Waals surface area contributed by atoms with E-state index in [0.29, 0.717) is 6.04 Å². The standard InChI is InChI=1S/C18H39N3/c1-6-9-17-10-8-12-18(15-19,13-11-17)21(7-2)16(3)14-20(4)5/h16-17H,6-15,19H2,1-5H3. The summed E-state index contributed by atoms with van der Waals surface area (Å²) in [4.78, 5) is 5.01. The van der Waals surface area contributed by atoms with Crippen molar-refractivity contribution in [2.75, 3.05) is 33.7 Å². The lowest BCUT2D eigenvalue weighted by Crippen LogP contribution is -2.58. The van der Waals surface area contributed by atoms with Crippen molar-refractivity contribution in [2.45, 2.75) is 77.3 Å². The van der Waals surface area contributed by atoms with Crippen LogP contribution in [0.2, 0.25) is 0 Å². The Hall–Kier alpha value is -0.120. The Labute approximate surface area is 133 Å². The first-order valence-electron chi connectivity index (χ1n) is 9.10. The number of hydrogen-bond donors (Lipinski definition) is 1. The number of hydrogen-bond acceptors (Lipinski definition) is 3. The molecule has 0 aromatic carbocycles. The summed E-state index contributed by atoms with van der Waals surface area (Å²) in [7, 11) is 4.34. The van der Waals surface area contributed by atoms with Crippen molar-refractivity contribution in [2.24, 2.45) is 11.7 Å². The minimum absolute atomic E-state index is 0.243. The lowest BCUT2D eigenvalue weighted by Gasteiger charge is -2.47. The smallest absolute Gasteiger partial charge is 0.0335 e. The molecule has 0 aromatic heterocycles. The van der Waals surface area contributed by atoms with Crippen LogP contribution in [0.15, 0.2) is 0 Å². The van der Waals surface area contributed by atoms with Gasteiger partial charge in [0.2, 0.25) is 0 Å². The molecule has 0 aliphatic heterocycles. The maximum Gasteiger partial charge on any atom is 0.0335 e. The predicted octanol–water partition coefficient (Wildman–Crippen LogP) is 3.34. The van der Waals surface area contributed by atoms with Gasteiger partial charge in [0.05, 0.1) is 0 Å². The van der Waals surface area contributed by atoms with E-state index in [9.17, 15) is 0 Å². The highest BCUT2D eigenvalue weighted by molar-refractivity contribution is 4.96. The number of rotatable bonds is 8. The first-order chi connectivity index (χ1) is 9.99. The fourth-order valence-electron chi connectivity index (χ4n) is 4.51. The van der Waals surface area contributed by atoms with E-state index >= 15 is 0 Å². The highest BCUT2D eigenvalue weighted by atomic mass is 15.3. The average molecular weight is 298 g/mol. The molecular weight excluding hydrogens is 258 g/mol. The summed E-state index contributed by atoms with van der Waals surface area (Å²) in [6.07, 6.45) is 9.45. The van der Waals surface area contributed by atoms with Gasteiger partial charge in [0.1, 0.15) is 0 Å². The molecule has 3 nitrogen and oxygen atoms in total. The van der Waals surface area contributed by atoms with E-state index in [2.05, 4.69) is 44.7 Å². The van der Waals surface area contributed by atoms with Crippen LogP contribution in [0.4, 0.5) is 0 Å². The molecule has 21 heavy (non-hydrogen) atoms. The van der Waals surface area contributed by atoms with Crippen molar-refractivity contribution >= 4 is 0 Å². The molecule has 0 aromatic rings. The molecule has 0 radical (unpaired) electrons. The normalized spacial score (nSPS) is 28.9. The van der Waals surface area contributed by atoms with Gasteiger partial charge in [-0.05, 0) is 52.7 Å². The Bertz CT molecular complexity index is 280. The Morgan fingerprint density at radius 1 is 1.19 bits per heavy atom. The third kappa shape index (κ3) is 5.22. The second kappa shape index (κ2) is 9.12. The van der Waals surface area contributed by atoms with Crippen molar-refractivity contribution in [3.63, 3.8) is 0 Å². The molecule has 0 bridgehead atoms. The summed E-state index contributed by atoms with van der Waals surface area (Å²) in [5.41, 5.74) is 6.56. The third-order valence-corrected chi connectivity index (χ3v) is 5.46. The summed E-state index contributed by atoms with van der Waals surface area (Å²) < 4.78 is 0. The second-order valence-corrected chi connectivity index (χ2v) is 7.41. The van der Waals surface area contributed by atoms with Crippen LogP contribution in [0, 0.1) is 5.92 Å². The lowest BCUT2D eigenvalue weighted by molar-refractivity contribution is 0.0355. The van der Waals surface area contributed by atoms with Crippen LogP contribution in [0.5, 0.6) is 0 Å². The van der Waals surface area contributed by atoms with E-state index in [1.807, 2.05) is 0 Å². The summed E-state index contributed by atoms with van der Waals surface area (Å²) in [6.45, 7) is 10.0. The van der Waals surface area contributed by atoms with Crippen molar-refractivity contribution in [1.29, 1.82) is 0 Å². The highest BCUT2D eigenvalue weighted by Crippen LogP contribution is 2.36. The predicted molar refractivity (Wildman–Crippen MR) is 93.7 cm³/mol. The molecule has 3 heteroatoms. The summed E-state index contributed by atoms with van der Waals surface area (Å²) in [5.74, 6) is 0.936. The Balaban J connectivity index is 2.80. The van der Waals surface area contributed by atoms with Crippen LogP contribution in [0.25, 0.3) is 0 Å². The molecule has 1 rings (SSSR count). The lowest BCUT2D eigenvalue weighted by atomic mass is 9.86. The van der Waals surface area contributed by atoms with E-state index in [-0.39, 0.29) is 5.54 Å². The number of likely N-dealkylation sites (N-methyl/N-ethyl adjacent to an activating group) is 2. The van der Waals surface area contributed by atoms with E-state index in [0.717, 1.165) is 25.6 Å². The van der Waals surface area contributed by atoms with E-state index in [1.54, 1.807) is 0 Å². The molecule has 1 saturated carbocycles. The monoisotopic (exact) mass is 297 g/mol. The topological polar surface area (TPSA) is 32.5 Å². The highest BCUT2D eigenvalue weighted by Gasteiger charge is 2.38. The van der Waals surface area contributed by atoms with Crippen LogP contribution < -0.4 is 5.73 Å². The molecule has 0 spiro atoms. The molecule has 126 valence electrons. The summed E-state index contributed by atoms with van der Waals surface area (Å²) in [6, 6.07) is 0.580. The Morgan fingerprint density at radius 3 is 2.43 bits per heavy atom. The fraction of sp³-hybridized carbons (Fsp3) is 1.00. The van der Waals surface area contributed by atoms with Crippen molar-refractivity contribution in [3.05, 3.63) is 0 Å². The molecule has 1 aliphatic rings. The molecule has 0 saturated heterocycles.